The van der Waals surface area contributed by atoms with Crippen LogP contribution in [0, 0.1) is 0 Å². The van der Waals surface area contributed by atoms with Crippen LogP contribution in [0.4, 0.5) is 5.82 Å². The second kappa shape index (κ2) is 6.55. The zero-order valence-electron chi connectivity index (χ0n) is 14.7. The summed E-state index contributed by atoms with van der Waals surface area (Å²) < 4.78 is 3.72. The van der Waals surface area contributed by atoms with Gasteiger partial charge in [-0.15, -0.1) is 5.10 Å². The molecule has 0 radical (unpaired) electrons. The molecule has 0 aliphatic carbocycles. The molecule has 0 amide bonds. The molecule has 1 aromatic carbocycles. The van der Waals surface area contributed by atoms with Crippen LogP contribution in [0.25, 0.3) is 11.2 Å². The Hall–Kier alpha value is -3.29. The van der Waals surface area contributed by atoms with Crippen molar-refractivity contribution in [3.63, 3.8) is 0 Å². The van der Waals surface area contributed by atoms with E-state index in [1.165, 1.54) is 17.5 Å². The van der Waals surface area contributed by atoms with Gasteiger partial charge in [-0.25, -0.2) is 19.6 Å². The van der Waals surface area contributed by atoms with Crippen LogP contribution in [-0.4, -0.2) is 34.5 Å². The Morgan fingerprint density at radius 3 is 2.62 bits per heavy atom. The molecule has 4 aromatic rings. The molecule has 0 saturated carbocycles. The van der Waals surface area contributed by atoms with Crippen molar-refractivity contribution in [1.29, 1.82) is 0 Å². The zero-order valence-corrected chi connectivity index (χ0v) is 14.7. The van der Waals surface area contributed by atoms with Crippen molar-refractivity contribution >= 4 is 17.0 Å². The molecule has 0 spiro atoms. The van der Waals surface area contributed by atoms with Crippen LogP contribution < -0.4 is 5.73 Å². The number of benzene rings is 1. The Balaban J connectivity index is 1.50. The predicted octanol–water partition coefficient (Wildman–Crippen LogP) is 2.22. The van der Waals surface area contributed by atoms with Crippen molar-refractivity contribution in [2.45, 2.75) is 32.9 Å². The molecular formula is C18H20N8. The SMILES string of the molecule is CC(C)c1ccc(Cn2cc(Cn3cnc4c(N)ncnc43)nn2)cc1. The summed E-state index contributed by atoms with van der Waals surface area (Å²) in [6.45, 7) is 5.60. The third-order valence-electron chi connectivity index (χ3n) is 4.34. The molecule has 26 heavy (non-hydrogen) atoms. The Bertz CT molecular complexity index is 1030. The normalized spacial score (nSPS) is 11.5. The van der Waals surface area contributed by atoms with Crippen molar-refractivity contribution in [2.75, 3.05) is 5.73 Å². The highest BCUT2D eigenvalue weighted by molar-refractivity contribution is 5.81. The third kappa shape index (κ3) is 3.13. The minimum absolute atomic E-state index is 0.377. The number of nitrogens with two attached hydrogens (primary N) is 1. The van der Waals surface area contributed by atoms with Gasteiger partial charge < -0.3 is 10.3 Å². The molecule has 0 bridgehead atoms. The van der Waals surface area contributed by atoms with E-state index in [2.05, 4.69) is 63.4 Å². The highest BCUT2D eigenvalue weighted by atomic mass is 15.4. The van der Waals surface area contributed by atoms with Crippen molar-refractivity contribution < 1.29 is 0 Å². The first kappa shape index (κ1) is 16.2. The van der Waals surface area contributed by atoms with Gasteiger partial charge >= 0.3 is 0 Å². The second-order valence-electron chi connectivity index (χ2n) is 6.61. The van der Waals surface area contributed by atoms with E-state index in [-0.39, 0.29) is 0 Å². The first-order chi connectivity index (χ1) is 12.6. The Labute approximate surface area is 150 Å². The quantitative estimate of drug-likeness (QED) is 0.593. The molecule has 2 N–H and O–H groups in total. The average molecular weight is 348 g/mol. The van der Waals surface area contributed by atoms with Gasteiger partial charge in [0.1, 0.15) is 17.5 Å². The van der Waals surface area contributed by atoms with Gasteiger partial charge in [-0.1, -0.05) is 43.3 Å². The maximum absolute atomic E-state index is 5.82. The molecule has 8 heteroatoms. The largest absolute Gasteiger partial charge is 0.382 e. The van der Waals surface area contributed by atoms with Crippen molar-refractivity contribution in [1.82, 2.24) is 34.5 Å². The van der Waals surface area contributed by atoms with Crippen LogP contribution in [0.3, 0.4) is 0 Å². The van der Waals surface area contributed by atoms with Gasteiger partial charge in [-0.05, 0) is 17.0 Å². The predicted molar refractivity (Wildman–Crippen MR) is 98.5 cm³/mol. The van der Waals surface area contributed by atoms with Crippen LogP contribution in [0.5, 0.6) is 0 Å². The zero-order chi connectivity index (χ0) is 18.1. The minimum atomic E-state index is 0.377. The highest BCUT2D eigenvalue weighted by Gasteiger charge is 2.10. The van der Waals surface area contributed by atoms with Crippen LogP contribution in [0.1, 0.15) is 36.6 Å². The second-order valence-corrected chi connectivity index (χ2v) is 6.61. The van der Waals surface area contributed by atoms with Gasteiger partial charge in [-0.2, -0.15) is 0 Å². The molecular weight excluding hydrogens is 328 g/mol. The fourth-order valence-electron chi connectivity index (χ4n) is 2.87. The molecule has 8 nitrogen and oxygen atoms in total. The number of nitrogens with zero attached hydrogens (tertiary/aromatic N) is 7. The van der Waals surface area contributed by atoms with Crippen molar-refractivity contribution in [2.24, 2.45) is 0 Å². The lowest BCUT2D eigenvalue weighted by molar-refractivity contribution is 0.648. The Kier molecular flexibility index (Phi) is 4.08. The number of imidazole rings is 1. The van der Waals surface area contributed by atoms with E-state index in [4.69, 9.17) is 5.73 Å². The Morgan fingerprint density at radius 1 is 1.04 bits per heavy atom. The van der Waals surface area contributed by atoms with E-state index in [0.29, 0.717) is 36.0 Å². The summed E-state index contributed by atoms with van der Waals surface area (Å²) in [5.41, 5.74) is 10.5. The molecule has 0 fully saturated rings. The van der Waals surface area contributed by atoms with Crippen LogP contribution >= 0.6 is 0 Å². The van der Waals surface area contributed by atoms with Crippen molar-refractivity contribution in [3.05, 3.63) is 59.9 Å². The molecule has 0 aliphatic heterocycles. The molecule has 132 valence electrons. The summed E-state index contributed by atoms with van der Waals surface area (Å²) in [5.74, 6) is 0.909. The van der Waals surface area contributed by atoms with E-state index in [9.17, 15) is 0 Å². The smallest absolute Gasteiger partial charge is 0.165 e. The van der Waals surface area contributed by atoms with E-state index in [0.717, 1.165) is 5.69 Å². The van der Waals surface area contributed by atoms with Gasteiger partial charge in [0.05, 0.1) is 25.6 Å². The number of fused-ring (bicyclic) bond motifs is 1. The van der Waals surface area contributed by atoms with Gasteiger partial charge in [0.2, 0.25) is 0 Å². The molecule has 0 atom stereocenters. The number of anilines is 1. The molecule has 0 unspecified atom stereocenters. The summed E-state index contributed by atoms with van der Waals surface area (Å²) in [6, 6.07) is 8.61. The fourth-order valence-corrected chi connectivity index (χ4v) is 2.87. The monoisotopic (exact) mass is 348 g/mol. The number of hydrogen-bond donors (Lipinski definition) is 1. The number of rotatable bonds is 5. The third-order valence-corrected chi connectivity index (χ3v) is 4.34. The number of nitrogen functional groups attached to an aromatic ring is 1. The maximum Gasteiger partial charge on any atom is 0.165 e. The standard InChI is InChI=1S/C18H20N8/c1-12(2)14-5-3-13(4-6-14)7-26-9-15(23-24-26)8-25-11-22-16-17(19)20-10-21-18(16)25/h3-6,9-12H,7-8H2,1-2H3,(H2,19,20,21). The lowest BCUT2D eigenvalue weighted by Gasteiger charge is -2.06. The van der Waals surface area contributed by atoms with Crippen LogP contribution in [0.15, 0.2) is 43.1 Å². The summed E-state index contributed by atoms with van der Waals surface area (Å²) in [7, 11) is 0. The summed E-state index contributed by atoms with van der Waals surface area (Å²) in [6.07, 6.45) is 5.07. The van der Waals surface area contributed by atoms with Gasteiger partial charge in [-0.3, -0.25) is 0 Å². The summed E-state index contributed by atoms with van der Waals surface area (Å²) >= 11 is 0. The molecule has 3 heterocycles. The van der Waals surface area contributed by atoms with Crippen LogP contribution in [-0.2, 0) is 13.1 Å². The minimum Gasteiger partial charge on any atom is -0.382 e. The van der Waals surface area contributed by atoms with Gasteiger partial charge in [0.15, 0.2) is 11.5 Å². The summed E-state index contributed by atoms with van der Waals surface area (Å²) in [4.78, 5) is 12.5. The lowest BCUT2D eigenvalue weighted by Crippen LogP contribution is -2.01. The topological polar surface area (TPSA) is 100 Å². The van der Waals surface area contributed by atoms with E-state index >= 15 is 0 Å². The first-order valence-corrected chi connectivity index (χ1v) is 8.49. The summed E-state index contributed by atoms with van der Waals surface area (Å²) in [5, 5.41) is 8.47. The fraction of sp³-hybridized carbons (Fsp3) is 0.278. The van der Waals surface area contributed by atoms with E-state index < -0.39 is 0 Å². The maximum atomic E-state index is 5.82. The molecule has 3 aromatic heterocycles. The molecule has 4 rings (SSSR count). The number of aromatic nitrogens is 7. The van der Waals surface area contributed by atoms with Gasteiger partial charge in [0.25, 0.3) is 0 Å². The van der Waals surface area contributed by atoms with Gasteiger partial charge in [0, 0.05) is 0 Å². The van der Waals surface area contributed by atoms with E-state index in [1.807, 2.05) is 15.4 Å². The van der Waals surface area contributed by atoms with Crippen LogP contribution in [0.2, 0.25) is 0 Å². The average Bonchev–Trinajstić information content (AvgIpc) is 3.24. The lowest BCUT2D eigenvalue weighted by atomic mass is 10.0. The van der Waals surface area contributed by atoms with E-state index in [1.54, 1.807) is 6.33 Å². The first-order valence-electron chi connectivity index (χ1n) is 8.49. The highest BCUT2D eigenvalue weighted by Crippen LogP contribution is 2.16. The van der Waals surface area contributed by atoms with Crippen molar-refractivity contribution in [3.8, 4) is 0 Å². The molecule has 0 aliphatic rings. The molecule has 0 saturated heterocycles. The Morgan fingerprint density at radius 2 is 1.85 bits per heavy atom. The number of hydrogen-bond acceptors (Lipinski definition) is 6.